The molecule has 0 heterocycles. The average molecular weight is 412 g/mol. The highest BCUT2D eigenvalue weighted by Gasteiger charge is 2.45. The van der Waals surface area contributed by atoms with E-state index in [0.29, 0.717) is 11.8 Å². The quantitative estimate of drug-likeness (QED) is 0.669. The highest BCUT2D eigenvalue weighted by atomic mass is 16.5. The van der Waals surface area contributed by atoms with Crippen molar-refractivity contribution >= 4 is 11.9 Å². The van der Waals surface area contributed by atoms with Crippen molar-refractivity contribution in [3.8, 4) is 11.5 Å². The molecular formula is C24H28O6. The van der Waals surface area contributed by atoms with Crippen molar-refractivity contribution in [2.75, 3.05) is 28.4 Å². The molecule has 0 amide bonds. The van der Waals surface area contributed by atoms with Gasteiger partial charge in [0.2, 0.25) is 0 Å². The van der Waals surface area contributed by atoms with Gasteiger partial charge in [-0.15, -0.1) is 0 Å². The van der Waals surface area contributed by atoms with Crippen molar-refractivity contribution in [3.05, 3.63) is 59.7 Å². The van der Waals surface area contributed by atoms with Gasteiger partial charge in [0.1, 0.15) is 11.5 Å². The molecule has 0 saturated heterocycles. The molecule has 2 aromatic carbocycles. The van der Waals surface area contributed by atoms with Gasteiger partial charge in [0.25, 0.3) is 0 Å². The van der Waals surface area contributed by atoms with Crippen LogP contribution in [0.4, 0.5) is 0 Å². The molecule has 4 rings (SSSR count). The number of carbonyl (C=O) groups excluding carboxylic acids is 2. The summed E-state index contributed by atoms with van der Waals surface area (Å²) in [6.07, 6.45) is 1.78. The molecule has 30 heavy (non-hydrogen) atoms. The second-order valence-electron chi connectivity index (χ2n) is 7.50. The van der Waals surface area contributed by atoms with Gasteiger partial charge in [0.05, 0.1) is 40.3 Å². The molecule has 2 fully saturated rings. The number of rotatable bonds is 6. The standard InChI is InChI=1S/2C12H14O3/c2*1-14-9-5-3-4-8(6-9)10-7-11(10)12(13)15-2/h2*3-6,10-11H,7H2,1-2H3. The number of benzene rings is 2. The molecule has 0 spiro atoms. The molecule has 2 aliphatic carbocycles. The van der Waals surface area contributed by atoms with Gasteiger partial charge in [-0.3, -0.25) is 9.59 Å². The van der Waals surface area contributed by atoms with Gasteiger partial charge in [-0.2, -0.15) is 0 Å². The smallest absolute Gasteiger partial charge is 0.309 e. The van der Waals surface area contributed by atoms with Crippen molar-refractivity contribution in [2.45, 2.75) is 24.7 Å². The number of ether oxygens (including phenoxy) is 4. The van der Waals surface area contributed by atoms with E-state index in [1.54, 1.807) is 14.2 Å². The highest BCUT2D eigenvalue weighted by molar-refractivity contribution is 5.77. The number of hydrogen-bond donors (Lipinski definition) is 0. The zero-order chi connectivity index (χ0) is 21.7. The van der Waals surface area contributed by atoms with Crippen molar-refractivity contribution in [1.82, 2.24) is 0 Å². The number of carbonyl (C=O) groups is 2. The molecule has 0 N–H and O–H groups in total. The Balaban J connectivity index is 0.000000171. The molecule has 0 radical (unpaired) electrons. The third-order valence-corrected chi connectivity index (χ3v) is 5.63. The van der Waals surface area contributed by atoms with Crippen LogP contribution in [-0.4, -0.2) is 40.4 Å². The Morgan fingerprint density at radius 3 is 1.43 bits per heavy atom. The van der Waals surface area contributed by atoms with Gasteiger partial charge in [0.15, 0.2) is 0 Å². The molecule has 2 aliphatic rings. The summed E-state index contributed by atoms with van der Waals surface area (Å²) >= 11 is 0. The summed E-state index contributed by atoms with van der Waals surface area (Å²) in [4.78, 5) is 22.5. The largest absolute Gasteiger partial charge is 0.497 e. The van der Waals surface area contributed by atoms with Crippen LogP contribution in [-0.2, 0) is 19.1 Å². The Morgan fingerprint density at radius 1 is 0.700 bits per heavy atom. The van der Waals surface area contributed by atoms with Crippen LogP contribution in [0, 0.1) is 11.8 Å². The molecule has 2 saturated carbocycles. The van der Waals surface area contributed by atoms with E-state index < -0.39 is 0 Å². The Labute approximate surface area is 177 Å². The Morgan fingerprint density at radius 2 is 1.10 bits per heavy atom. The third-order valence-electron chi connectivity index (χ3n) is 5.63. The minimum Gasteiger partial charge on any atom is -0.497 e. The first-order valence-electron chi connectivity index (χ1n) is 9.95. The molecule has 0 aromatic heterocycles. The van der Waals surface area contributed by atoms with E-state index in [9.17, 15) is 9.59 Å². The van der Waals surface area contributed by atoms with E-state index in [1.165, 1.54) is 14.2 Å². The zero-order valence-corrected chi connectivity index (χ0v) is 17.8. The minimum absolute atomic E-state index is 0.0436. The van der Waals surface area contributed by atoms with E-state index >= 15 is 0 Å². The maximum absolute atomic E-state index is 11.3. The summed E-state index contributed by atoms with van der Waals surface area (Å²) in [7, 11) is 6.15. The topological polar surface area (TPSA) is 71.1 Å². The summed E-state index contributed by atoms with van der Waals surface area (Å²) in [5.41, 5.74) is 2.31. The summed E-state index contributed by atoms with van der Waals surface area (Å²) in [5, 5.41) is 0. The fraction of sp³-hybridized carbons (Fsp3) is 0.417. The highest BCUT2D eigenvalue weighted by Crippen LogP contribution is 2.49. The first-order chi connectivity index (χ1) is 14.5. The van der Waals surface area contributed by atoms with Crippen molar-refractivity contribution in [2.24, 2.45) is 11.8 Å². The Hall–Kier alpha value is -3.02. The number of esters is 2. The van der Waals surface area contributed by atoms with E-state index in [2.05, 4.69) is 0 Å². The van der Waals surface area contributed by atoms with E-state index in [1.807, 2.05) is 48.5 Å². The van der Waals surface area contributed by atoms with Crippen LogP contribution in [0.25, 0.3) is 0 Å². The second kappa shape index (κ2) is 9.65. The predicted molar refractivity (Wildman–Crippen MR) is 112 cm³/mol. The second-order valence-corrected chi connectivity index (χ2v) is 7.50. The van der Waals surface area contributed by atoms with Crippen LogP contribution in [0.15, 0.2) is 48.5 Å². The van der Waals surface area contributed by atoms with Crippen molar-refractivity contribution in [1.29, 1.82) is 0 Å². The Bertz CT molecular complexity index is 819. The van der Waals surface area contributed by atoms with Crippen LogP contribution in [0.1, 0.15) is 35.8 Å². The lowest BCUT2D eigenvalue weighted by Gasteiger charge is -2.03. The van der Waals surface area contributed by atoms with Gasteiger partial charge in [-0.25, -0.2) is 0 Å². The van der Waals surface area contributed by atoms with E-state index in [4.69, 9.17) is 18.9 Å². The number of methoxy groups -OCH3 is 4. The molecular weight excluding hydrogens is 384 g/mol. The molecule has 4 atom stereocenters. The lowest BCUT2D eigenvalue weighted by atomic mass is 10.1. The molecule has 160 valence electrons. The minimum atomic E-state index is -0.109. The lowest BCUT2D eigenvalue weighted by Crippen LogP contribution is -2.03. The summed E-state index contributed by atoms with van der Waals surface area (Å²) in [5.74, 6) is 2.17. The van der Waals surface area contributed by atoms with Gasteiger partial charge >= 0.3 is 11.9 Å². The normalized spacial score (nSPS) is 23.3. The van der Waals surface area contributed by atoms with Crippen LogP contribution in [0.3, 0.4) is 0 Å². The first kappa shape index (κ1) is 21.7. The van der Waals surface area contributed by atoms with Gasteiger partial charge in [-0.05, 0) is 60.1 Å². The fourth-order valence-corrected chi connectivity index (χ4v) is 3.69. The van der Waals surface area contributed by atoms with Crippen LogP contribution < -0.4 is 9.47 Å². The van der Waals surface area contributed by atoms with Crippen molar-refractivity contribution < 1.29 is 28.5 Å². The molecule has 0 bridgehead atoms. The van der Waals surface area contributed by atoms with E-state index in [-0.39, 0.29) is 23.8 Å². The van der Waals surface area contributed by atoms with Gasteiger partial charge < -0.3 is 18.9 Å². The van der Waals surface area contributed by atoms with Crippen molar-refractivity contribution in [3.63, 3.8) is 0 Å². The molecule has 2 aromatic rings. The van der Waals surface area contributed by atoms with Gasteiger partial charge in [-0.1, -0.05) is 24.3 Å². The molecule has 6 nitrogen and oxygen atoms in total. The van der Waals surface area contributed by atoms with Gasteiger partial charge in [0, 0.05) is 0 Å². The van der Waals surface area contributed by atoms with E-state index in [0.717, 1.165) is 35.5 Å². The maximum Gasteiger partial charge on any atom is 0.309 e. The maximum atomic E-state index is 11.3. The fourth-order valence-electron chi connectivity index (χ4n) is 3.69. The van der Waals surface area contributed by atoms with Crippen LogP contribution in [0.2, 0.25) is 0 Å². The third kappa shape index (κ3) is 5.12. The average Bonchev–Trinajstić information content (AvgIpc) is 3.72. The first-order valence-corrected chi connectivity index (χ1v) is 9.95. The lowest BCUT2D eigenvalue weighted by molar-refractivity contribution is -0.143. The number of hydrogen-bond acceptors (Lipinski definition) is 6. The summed E-state index contributed by atoms with van der Waals surface area (Å²) in [6, 6.07) is 15.7. The van der Waals surface area contributed by atoms with Crippen LogP contribution >= 0.6 is 0 Å². The Kier molecular flexibility index (Phi) is 6.98. The molecule has 0 aliphatic heterocycles. The zero-order valence-electron chi connectivity index (χ0n) is 17.8. The summed E-state index contributed by atoms with van der Waals surface area (Å²) < 4.78 is 19.7. The van der Waals surface area contributed by atoms with Crippen LogP contribution in [0.5, 0.6) is 11.5 Å². The monoisotopic (exact) mass is 412 g/mol. The molecule has 6 heteroatoms. The summed E-state index contributed by atoms with van der Waals surface area (Å²) in [6.45, 7) is 0. The predicted octanol–water partition coefficient (Wildman–Crippen LogP) is 3.94. The SMILES string of the molecule is COC(=O)C1CC1c1cccc(OC)c1.COC(=O)C1CC1c1cccc(OC)c1. The molecule has 4 unspecified atom stereocenters.